The smallest absolute Gasteiger partial charge is 0.239 e. The van der Waals surface area contributed by atoms with Crippen molar-refractivity contribution in [1.29, 1.82) is 0 Å². The van der Waals surface area contributed by atoms with Crippen LogP contribution in [0.5, 0.6) is 0 Å². The third kappa shape index (κ3) is 5.33. The van der Waals surface area contributed by atoms with Gasteiger partial charge in [0.1, 0.15) is 5.38 Å². The van der Waals surface area contributed by atoms with E-state index in [-0.39, 0.29) is 11.8 Å². The molecule has 0 heterocycles. The van der Waals surface area contributed by atoms with E-state index in [1.54, 1.807) is 0 Å². The summed E-state index contributed by atoms with van der Waals surface area (Å²) in [5.41, 5.74) is 0. The van der Waals surface area contributed by atoms with Gasteiger partial charge >= 0.3 is 0 Å². The summed E-state index contributed by atoms with van der Waals surface area (Å²) in [7, 11) is 0. The summed E-state index contributed by atoms with van der Waals surface area (Å²) in [6, 6.07) is 0. The SMILES string of the molecule is CCCCNC(=O)C(Cl)CCl. The average molecular weight is 198 g/mol. The topological polar surface area (TPSA) is 29.1 Å². The summed E-state index contributed by atoms with van der Waals surface area (Å²) in [5.74, 6) is -0.00500. The first-order valence-electron chi connectivity index (χ1n) is 3.70. The Morgan fingerprint density at radius 3 is 2.73 bits per heavy atom. The number of carbonyl (C=O) groups excluding carboxylic acids is 1. The first kappa shape index (κ1) is 11.1. The van der Waals surface area contributed by atoms with Gasteiger partial charge in [-0.1, -0.05) is 13.3 Å². The molecule has 0 rings (SSSR count). The molecule has 11 heavy (non-hydrogen) atoms. The van der Waals surface area contributed by atoms with Crippen molar-refractivity contribution in [3.63, 3.8) is 0 Å². The molecule has 4 heteroatoms. The zero-order valence-electron chi connectivity index (χ0n) is 6.57. The van der Waals surface area contributed by atoms with Crippen LogP contribution in [0.25, 0.3) is 0 Å². The second-order valence-electron chi connectivity index (χ2n) is 2.27. The van der Waals surface area contributed by atoms with Crippen LogP contribution in [0.1, 0.15) is 19.8 Å². The van der Waals surface area contributed by atoms with E-state index in [4.69, 9.17) is 23.2 Å². The molecule has 0 fully saturated rings. The maximum absolute atomic E-state index is 10.9. The normalized spacial score (nSPS) is 12.6. The molecule has 0 spiro atoms. The van der Waals surface area contributed by atoms with Gasteiger partial charge < -0.3 is 5.32 Å². The minimum Gasteiger partial charge on any atom is -0.355 e. The highest BCUT2D eigenvalue weighted by atomic mass is 35.5. The van der Waals surface area contributed by atoms with E-state index in [1.165, 1.54) is 0 Å². The molecule has 0 aromatic rings. The van der Waals surface area contributed by atoms with Gasteiger partial charge in [-0.25, -0.2) is 0 Å². The lowest BCUT2D eigenvalue weighted by Crippen LogP contribution is -2.32. The maximum Gasteiger partial charge on any atom is 0.239 e. The van der Waals surface area contributed by atoms with E-state index in [0.717, 1.165) is 12.8 Å². The molecule has 66 valence electrons. The van der Waals surface area contributed by atoms with E-state index in [1.807, 2.05) is 0 Å². The van der Waals surface area contributed by atoms with E-state index in [9.17, 15) is 4.79 Å². The molecule has 0 radical (unpaired) electrons. The van der Waals surface area contributed by atoms with Crippen molar-refractivity contribution in [3.05, 3.63) is 0 Å². The lowest BCUT2D eigenvalue weighted by Gasteiger charge is -2.06. The number of hydrogen-bond acceptors (Lipinski definition) is 1. The summed E-state index contributed by atoms with van der Waals surface area (Å²) < 4.78 is 0. The molecule has 1 N–H and O–H groups in total. The zero-order valence-corrected chi connectivity index (χ0v) is 8.08. The fraction of sp³-hybridized carbons (Fsp3) is 0.857. The third-order valence-corrected chi connectivity index (χ3v) is 2.07. The zero-order chi connectivity index (χ0) is 8.69. The molecular formula is C7H13Cl2NO. The Balaban J connectivity index is 3.36. The van der Waals surface area contributed by atoms with Gasteiger partial charge in [-0.2, -0.15) is 0 Å². The lowest BCUT2D eigenvalue weighted by molar-refractivity contribution is -0.120. The van der Waals surface area contributed by atoms with Crippen molar-refractivity contribution in [2.75, 3.05) is 12.4 Å². The summed E-state index contributed by atoms with van der Waals surface area (Å²) >= 11 is 10.9. The van der Waals surface area contributed by atoms with Crippen LogP contribution in [0.2, 0.25) is 0 Å². The lowest BCUT2D eigenvalue weighted by atomic mass is 10.3. The highest BCUT2D eigenvalue weighted by Crippen LogP contribution is 1.98. The summed E-state index contributed by atoms with van der Waals surface area (Å²) in [5, 5.41) is 2.09. The quantitative estimate of drug-likeness (QED) is 0.529. The molecule has 0 saturated carbocycles. The van der Waals surface area contributed by atoms with E-state index in [0.29, 0.717) is 6.54 Å². The van der Waals surface area contributed by atoms with Crippen LogP contribution in [0.4, 0.5) is 0 Å². The van der Waals surface area contributed by atoms with Gasteiger partial charge in [-0.15, -0.1) is 23.2 Å². The number of amides is 1. The predicted molar refractivity (Wildman–Crippen MR) is 48.3 cm³/mol. The molecule has 0 aromatic heterocycles. The van der Waals surface area contributed by atoms with Crippen LogP contribution in [-0.2, 0) is 4.79 Å². The fourth-order valence-electron chi connectivity index (χ4n) is 0.569. The van der Waals surface area contributed by atoms with Crippen molar-refractivity contribution in [3.8, 4) is 0 Å². The summed E-state index contributed by atoms with van der Waals surface area (Å²) in [6.07, 6.45) is 2.05. The molecule has 1 atom stereocenters. The second kappa shape index (κ2) is 6.74. The number of rotatable bonds is 5. The molecule has 0 saturated heterocycles. The fourth-order valence-corrected chi connectivity index (χ4v) is 0.786. The maximum atomic E-state index is 10.9. The Kier molecular flexibility index (Phi) is 6.77. The second-order valence-corrected chi connectivity index (χ2v) is 3.10. The largest absolute Gasteiger partial charge is 0.355 e. The monoisotopic (exact) mass is 197 g/mol. The summed E-state index contributed by atoms with van der Waals surface area (Å²) in [6.45, 7) is 2.75. The Morgan fingerprint density at radius 2 is 2.27 bits per heavy atom. The van der Waals surface area contributed by atoms with Gasteiger partial charge in [0.25, 0.3) is 0 Å². The molecule has 2 nitrogen and oxygen atoms in total. The van der Waals surface area contributed by atoms with E-state index >= 15 is 0 Å². The number of carbonyl (C=O) groups is 1. The molecule has 0 aromatic carbocycles. The first-order valence-corrected chi connectivity index (χ1v) is 4.67. The molecular weight excluding hydrogens is 185 g/mol. The number of hydrogen-bond donors (Lipinski definition) is 1. The van der Waals surface area contributed by atoms with Crippen molar-refractivity contribution in [1.82, 2.24) is 5.32 Å². The van der Waals surface area contributed by atoms with Crippen LogP contribution < -0.4 is 5.32 Å². The number of unbranched alkanes of at least 4 members (excludes halogenated alkanes) is 1. The van der Waals surface area contributed by atoms with Crippen molar-refractivity contribution < 1.29 is 4.79 Å². The highest BCUT2D eigenvalue weighted by molar-refractivity contribution is 6.36. The summed E-state index contributed by atoms with van der Waals surface area (Å²) in [4.78, 5) is 10.9. The highest BCUT2D eigenvalue weighted by Gasteiger charge is 2.11. The Hall–Kier alpha value is 0.0500. The van der Waals surface area contributed by atoms with Crippen LogP contribution in [-0.4, -0.2) is 23.7 Å². The minimum atomic E-state index is -0.589. The molecule has 0 bridgehead atoms. The van der Waals surface area contributed by atoms with Crippen LogP contribution in [0, 0.1) is 0 Å². The molecule has 1 amide bonds. The molecule has 0 aliphatic carbocycles. The van der Waals surface area contributed by atoms with Crippen molar-refractivity contribution in [2.45, 2.75) is 25.1 Å². The number of halogens is 2. The van der Waals surface area contributed by atoms with Crippen LogP contribution >= 0.6 is 23.2 Å². The predicted octanol–water partition coefficient (Wildman–Crippen LogP) is 1.75. The third-order valence-electron chi connectivity index (χ3n) is 1.25. The first-order chi connectivity index (χ1) is 5.22. The minimum absolute atomic E-state index is 0.166. The van der Waals surface area contributed by atoms with Crippen LogP contribution in [0.15, 0.2) is 0 Å². The van der Waals surface area contributed by atoms with Gasteiger partial charge in [0, 0.05) is 12.4 Å². The van der Waals surface area contributed by atoms with Crippen molar-refractivity contribution >= 4 is 29.1 Å². The Labute approximate surface area is 77.2 Å². The number of nitrogens with one attached hydrogen (secondary N) is 1. The Bertz CT molecular complexity index is 119. The molecule has 0 aliphatic rings. The number of alkyl halides is 2. The van der Waals surface area contributed by atoms with Gasteiger partial charge in [0.05, 0.1) is 0 Å². The van der Waals surface area contributed by atoms with E-state index in [2.05, 4.69) is 12.2 Å². The van der Waals surface area contributed by atoms with E-state index < -0.39 is 5.38 Å². The molecule has 0 aliphatic heterocycles. The standard InChI is InChI=1S/C7H13Cl2NO/c1-2-3-4-10-7(11)6(9)5-8/h6H,2-5H2,1H3,(H,10,11). The van der Waals surface area contributed by atoms with Gasteiger partial charge in [0.2, 0.25) is 5.91 Å². The van der Waals surface area contributed by atoms with Crippen LogP contribution in [0.3, 0.4) is 0 Å². The Morgan fingerprint density at radius 1 is 1.64 bits per heavy atom. The van der Waals surface area contributed by atoms with Gasteiger partial charge in [-0.3, -0.25) is 4.79 Å². The average Bonchev–Trinajstić information content (AvgIpc) is 2.03. The van der Waals surface area contributed by atoms with Gasteiger partial charge in [0.15, 0.2) is 0 Å². The molecule has 1 unspecified atom stereocenters. The van der Waals surface area contributed by atoms with Gasteiger partial charge in [-0.05, 0) is 6.42 Å². The van der Waals surface area contributed by atoms with Crippen molar-refractivity contribution in [2.24, 2.45) is 0 Å².